The van der Waals surface area contributed by atoms with E-state index in [1.54, 1.807) is 12.1 Å². The SMILES string of the molecule is CC(NC1CC2CCC1(C)C2(C)C)c1cc(Br)ccc1F. The number of rotatable bonds is 3. The Morgan fingerprint density at radius 2 is 2.05 bits per heavy atom. The molecule has 2 aliphatic rings. The Labute approximate surface area is 135 Å². The van der Waals surface area contributed by atoms with Gasteiger partial charge in [-0.2, -0.15) is 0 Å². The molecule has 2 fully saturated rings. The summed E-state index contributed by atoms with van der Waals surface area (Å²) in [5, 5.41) is 3.73. The molecule has 0 heterocycles. The average Bonchev–Trinajstić information content (AvgIpc) is 2.74. The topological polar surface area (TPSA) is 12.0 Å². The van der Waals surface area contributed by atoms with Crippen LogP contribution in [-0.2, 0) is 0 Å². The first kappa shape index (κ1) is 15.5. The van der Waals surface area contributed by atoms with Crippen molar-refractivity contribution < 1.29 is 4.39 Å². The van der Waals surface area contributed by atoms with Crippen molar-refractivity contribution in [2.45, 2.75) is 59.0 Å². The molecular formula is C18H25BrFN. The van der Waals surface area contributed by atoms with Crippen LogP contribution in [0.25, 0.3) is 0 Å². The van der Waals surface area contributed by atoms with Crippen molar-refractivity contribution >= 4 is 15.9 Å². The van der Waals surface area contributed by atoms with Gasteiger partial charge in [-0.3, -0.25) is 0 Å². The molecule has 116 valence electrons. The molecule has 4 unspecified atom stereocenters. The second kappa shape index (κ2) is 5.06. The molecule has 0 amide bonds. The first-order chi connectivity index (χ1) is 9.75. The average molecular weight is 354 g/mol. The van der Waals surface area contributed by atoms with E-state index < -0.39 is 0 Å². The van der Waals surface area contributed by atoms with E-state index in [9.17, 15) is 4.39 Å². The fraction of sp³-hybridized carbons (Fsp3) is 0.667. The highest BCUT2D eigenvalue weighted by Crippen LogP contribution is 2.65. The van der Waals surface area contributed by atoms with Gasteiger partial charge in [0, 0.05) is 22.1 Å². The molecule has 1 nitrogen and oxygen atoms in total. The Bertz CT molecular complexity index is 556. The van der Waals surface area contributed by atoms with Crippen LogP contribution < -0.4 is 5.32 Å². The van der Waals surface area contributed by atoms with Crippen molar-refractivity contribution in [3.05, 3.63) is 34.1 Å². The highest BCUT2D eigenvalue weighted by Gasteiger charge is 2.61. The summed E-state index contributed by atoms with van der Waals surface area (Å²) in [4.78, 5) is 0. The summed E-state index contributed by atoms with van der Waals surface area (Å²) in [5.74, 6) is 0.685. The van der Waals surface area contributed by atoms with Gasteiger partial charge in [-0.25, -0.2) is 4.39 Å². The molecule has 0 saturated heterocycles. The predicted octanol–water partition coefficient (Wildman–Crippen LogP) is 5.45. The molecular weight excluding hydrogens is 329 g/mol. The molecule has 3 rings (SSSR count). The number of halogens is 2. The molecule has 0 radical (unpaired) electrons. The van der Waals surface area contributed by atoms with Crippen molar-refractivity contribution in [3.63, 3.8) is 0 Å². The van der Waals surface area contributed by atoms with Gasteiger partial charge >= 0.3 is 0 Å². The summed E-state index contributed by atoms with van der Waals surface area (Å²) in [6, 6.07) is 5.73. The maximum absolute atomic E-state index is 14.1. The van der Waals surface area contributed by atoms with E-state index in [2.05, 4.69) is 48.9 Å². The van der Waals surface area contributed by atoms with Crippen molar-refractivity contribution in [1.82, 2.24) is 5.32 Å². The number of fused-ring (bicyclic) bond motifs is 2. The Kier molecular flexibility index (Phi) is 3.73. The predicted molar refractivity (Wildman–Crippen MR) is 88.7 cm³/mol. The lowest BCUT2D eigenvalue weighted by molar-refractivity contribution is 0.116. The lowest BCUT2D eigenvalue weighted by Crippen LogP contribution is -2.45. The van der Waals surface area contributed by atoms with Gasteiger partial charge < -0.3 is 5.32 Å². The van der Waals surface area contributed by atoms with Gasteiger partial charge in [0.2, 0.25) is 0 Å². The standard InChI is InChI=1S/C18H25BrFN/c1-11(14-10-13(19)5-6-15(14)20)21-16-9-12-7-8-18(16,4)17(12,2)3/h5-6,10-12,16,21H,7-9H2,1-4H3. The van der Waals surface area contributed by atoms with Crippen LogP contribution >= 0.6 is 15.9 Å². The first-order valence-electron chi connectivity index (χ1n) is 7.97. The molecule has 0 aliphatic heterocycles. The Balaban J connectivity index is 1.80. The van der Waals surface area contributed by atoms with E-state index in [0.717, 1.165) is 16.0 Å². The summed E-state index contributed by atoms with van der Waals surface area (Å²) in [7, 11) is 0. The third-order valence-electron chi connectivity index (χ3n) is 6.67. The van der Waals surface area contributed by atoms with Gasteiger partial charge in [0.15, 0.2) is 0 Å². The molecule has 2 bridgehead atoms. The van der Waals surface area contributed by atoms with Gasteiger partial charge in [0.25, 0.3) is 0 Å². The van der Waals surface area contributed by atoms with E-state index in [0.29, 0.717) is 16.9 Å². The fourth-order valence-corrected chi connectivity index (χ4v) is 5.07. The number of nitrogens with one attached hydrogen (secondary N) is 1. The number of hydrogen-bond acceptors (Lipinski definition) is 1. The van der Waals surface area contributed by atoms with Crippen LogP contribution in [0.1, 0.15) is 58.6 Å². The molecule has 21 heavy (non-hydrogen) atoms. The molecule has 0 aromatic heterocycles. The van der Waals surface area contributed by atoms with Crippen LogP contribution in [-0.4, -0.2) is 6.04 Å². The summed E-state index contributed by atoms with van der Waals surface area (Å²) in [6.45, 7) is 9.32. The first-order valence-corrected chi connectivity index (χ1v) is 8.76. The fourth-order valence-electron chi connectivity index (χ4n) is 4.69. The lowest BCUT2D eigenvalue weighted by atomic mass is 9.69. The van der Waals surface area contributed by atoms with Crippen molar-refractivity contribution in [2.75, 3.05) is 0 Å². The summed E-state index contributed by atoms with van der Waals surface area (Å²) < 4.78 is 15.0. The third-order valence-corrected chi connectivity index (χ3v) is 7.16. The molecule has 1 aromatic rings. The van der Waals surface area contributed by atoms with E-state index >= 15 is 0 Å². The van der Waals surface area contributed by atoms with Crippen LogP contribution in [0.2, 0.25) is 0 Å². The van der Waals surface area contributed by atoms with Crippen molar-refractivity contribution in [3.8, 4) is 0 Å². The quantitative estimate of drug-likeness (QED) is 0.761. The molecule has 4 atom stereocenters. The minimum atomic E-state index is -0.120. The Morgan fingerprint density at radius 1 is 1.33 bits per heavy atom. The normalized spacial score (nSPS) is 35.1. The molecule has 0 spiro atoms. The lowest BCUT2D eigenvalue weighted by Gasteiger charge is -2.40. The van der Waals surface area contributed by atoms with E-state index in [1.807, 2.05) is 6.07 Å². The van der Waals surface area contributed by atoms with Crippen LogP contribution in [0, 0.1) is 22.6 Å². The minimum absolute atomic E-state index is 0.0412. The van der Waals surface area contributed by atoms with Gasteiger partial charge in [-0.05, 0) is 61.1 Å². The maximum atomic E-state index is 14.1. The Morgan fingerprint density at radius 3 is 2.62 bits per heavy atom. The smallest absolute Gasteiger partial charge is 0.128 e. The van der Waals surface area contributed by atoms with Crippen molar-refractivity contribution in [1.29, 1.82) is 0 Å². The van der Waals surface area contributed by atoms with Crippen LogP contribution in [0.15, 0.2) is 22.7 Å². The largest absolute Gasteiger partial charge is 0.307 e. The minimum Gasteiger partial charge on any atom is -0.307 e. The highest BCUT2D eigenvalue weighted by atomic mass is 79.9. The second-order valence-electron chi connectivity index (χ2n) is 7.72. The van der Waals surface area contributed by atoms with E-state index in [-0.39, 0.29) is 11.9 Å². The molecule has 1 N–H and O–H groups in total. The highest BCUT2D eigenvalue weighted by molar-refractivity contribution is 9.10. The monoisotopic (exact) mass is 353 g/mol. The third kappa shape index (κ3) is 2.28. The second-order valence-corrected chi connectivity index (χ2v) is 8.63. The number of benzene rings is 1. The van der Waals surface area contributed by atoms with E-state index in [1.165, 1.54) is 19.3 Å². The van der Waals surface area contributed by atoms with Gasteiger partial charge in [-0.1, -0.05) is 36.7 Å². The number of hydrogen-bond donors (Lipinski definition) is 1. The summed E-state index contributed by atoms with van der Waals surface area (Å²) in [6.07, 6.45) is 3.86. The maximum Gasteiger partial charge on any atom is 0.128 e. The molecule has 3 heteroatoms. The van der Waals surface area contributed by atoms with Crippen molar-refractivity contribution in [2.24, 2.45) is 16.7 Å². The van der Waals surface area contributed by atoms with Crippen LogP contribution in [0.3, 0.4) is 0 Å². The Hall–Kier alpha value is -0.410. The zero-order valence-electron chi connectivity index (χ0n) is 13.3. The molecule has 2 aliphatic carbocycles. The summed E-state index contributed by atoms with van der Waals surface area (Å²) >= 11 is 3.44. The van der Waals surface area contributed by atoms with Gasteiger partial charge in [0.1, 0.15) is 5.82 Å². The van der Waals surface area contributed by atoms with E-state index in [4.69, 9.17) is 0 Å². The summed E-state index contributed by atoms with van der Waals surface area (Å²) in [5.41, 5.74) is 1.47. The van der Waals surface area contributed by atoms with Gasteiger partial charge in [0.05, 0.1) is 0 Å². The van der Waals surface area contributed by atoms with Crippen LogP contribution in [0.5, 0.6) is 0 Å². The zero-order valence-corrected chi connectivity index (χ0v) is 14.9. The molecule has 2 saturated carbocycles. The van der Waals surface area contributed by atoms with Gasteiger partial charge in [-0.15, -0.1) is 0 Å². The zero-order chi connectivity index (χ0) is 15.4. The molecule has 1 aromatic carbocycles. The van der Waals surface area contributed by atoms with Crippen LogP contribution in [0.4, 0.5) is 4.39 Å².